The van der Waals surface area contributed by atoms with Crippen LogP contribution in [-0.2, 0) is 6.42 Å². The molecule has 0 bridgehead atoms. The molecule has 0 spiro atoms. The molecule has 0 atom stereocenters. The Labute approximate surface area is 289 Å². The van der Waals surface area contributed by atoms with Crippen LogP contribution in [0.25, 0.3) is 93.7 Å². The normalized spacial score (nSPS) is 12.8. The maximum Gasteiger partial charge on any atom is 0.138 e. The van der Waals surface area contributed by atoms with Gasteiger partial charge in [-0.3, -0.25) is 0 Å². The number of allylic oxidation sites excluding steroid dienone is 3. The molecule has 236 valence electrons. The number of rotatable bonds is 3. The van der Waals surface area contributed by atoms with E-state index in [-0.39, 0.29) is 5.82 Å². The highest BCUT2D eigenvalue weighted by atomic mass is 19.1. The minimum atomic E-state index is -0.168. The molecule has 1 nitrogen and oxygen atoms in total. The molecule has 8 aromatic carbocycles. The lowest BCUT2D eigenvalue weighted by Crippen LogP contribution is -1.98. The summed E-state index contributed by atoms with van der Waals surface area (Å²) in [7, 11) is 0. The summed E-state index contributed by atoms with van der Waals surface area (Å²) >= 11 is 0. The first-order valence-corrected chi connectivity index (χ1v) is 17.2. The van der Waals surface area contributed by atoms with Gasteiger partial charge in [0.15, 0.2) is 0 Å². The molecular formula is C48H31FO. The van der Waals surface area contributed by atoms with Gasteiger partial charge in [-0.05, 0) is 109 Å². The number of fused-ring (bicyclic) bond motifs is 7. The van der Waals surface area contributed by atoms with Gasteiger partial charge in [-0.15, -0.1) is 0 Å². The molecule has 1 aliphatic rings. The highest BCUT2D eigenvalue weighted by Gasteiger charge is 2.22. The van der Waals surface area contributed by atoms with E-state index in [1.165, 1.54) is 38.6 Å². The molecule has 0 radical (unpaired) electrons. The van der Waals surface area contributed by atoms with Gasteiger partial charge in [-0.1, -0.05) is 133 Å². The Kier molecular flexibility index (Phi) is 6.41. The molecular weight excluding hydrogens is 612 g/mol. The zero-order valence-corrected chi connectivity index (χ0v) is 27.5. The van der Waals surface area contributed by atoms with Crippen LogP contribution in [0.5, 0.6) is 0 Å². The van der Waals surface area contributed by atoms with Gasteiger partial charge in [0.2, 0.25) is 0 Å². The van der Waals surface area contributed by atoms with Crippen molar-refractivity contribution < 1.29 is 8.81 Å². The summed E-state index contributed by atoms with van der Waals surface area (Å²) in [5, 5.41) is 7.73. The number of hydrogen-bond acceptors (Lipinski definition) is 1. The van der Waals surface area contributed by atoms with E-state index in [1.54, 1.807) is 0 Å². The number of furan rings is 1. The predicted molar refractivity (Wildman–Crippen MR) is 209 cm³/mol. The average Bonchev–Trinajstić information content (AvgIpc) is 3.34. The molecule has 1 aromatic heterocycles. The fourth-order valence-electron chi connectivity index (χ4n) is 8.31. The van der Waals surface area contributed by atoms with Crippen LogP contribution in [0.1, 0.15) is 16.7 Å². The number of benzene rings is 8. The molecule has 0 fully saturated rings. The Morgan fingerprint density at radius 1 is 0.500 bits per heavy atom. The number of aryl methyl sites for hydroxylation is 1. The van der Waals surface area contributed by atoms with Gasteiger partial charge >= 0.3 is 0 Å². The molecule has 0 saturated heterocycles. The van der Waals surface area contributed by atoms with Gasteiger partial charge in [0, 0.05) is 21.5 Å². The second-order valence-electron chi connectivity index (χ2n) is 13.3. The third kappa shape index (κ3) is 4.25. The quantitative estimate of drug-likeness (QED) is 0.175. The Morgan fingerprint density at radius 3 is 2.00 bits per heavy atom. The fourth-order valence-corrected chi connectivity index (χ4v) is 8.31. The zero-order chi connectivity index (χ0) is 33.3. The van der Waals surface area contributed by atoms with Crippen LogP contribution in [-0.4, -0.2) is 0 Å². The topological polar surface area (TPSA) is 13.1 Å². The second kappa shape index (κ2) is 11.1. The average molecular weight is 643 g/mol. The first-order chi connectivity index (χ1) is 24.7. The first-order valence-electron chi connectivity index (χ1n) is 17.2. The van der Waals surface area contributed by atoms with Gasteiger partial charge in [-0.25, -0.2) is 4.39 Å². The summed E-state index contributed by atoms with van der Waals surface area (Å²) in [4.78, 5) is 0. The molecule has 1 aliphatic carbocycles. The van der Waals surface area contributed by atoms with E-state index < -0.39 is 0 Å². The molecule has 2 heteroatoms. The van der Waals surface area contributed by atoms with Crippen LogP contribution in [0, 0.1) is 12.7 Å². The molecule has 0 aliphatic heterocycles. The fraction of sp³-hybridized carbons (Fsp3) is 0.0417. The lowest BCUT2D eigenvalue weighted by atomic mass is 9.82. The van der Waals surface area contributed by atoms with Crippen LogP contribution >= 0.6 is 0 Å². The van der Waals surface area contributed by atoms with Crippen LogP contribution in [0.2, 0.25) is 0 Å². The highest BCUT2D eigenvalue weighted by molar-refractivity contribution is 6.17. The van der Waals surface area contributed by atoms with Gasteiger partial charge < -0.3 is 4.42 Å². The van der Waals surface area contributed by atoms with Crippen molar-refractivity contribution in [1.82, 2.24) is 0 Å². The standard InChI is InChI=1S/C48H31FO/c1-29-13-12-22-40-44(29)47(38-20-10-11-21-39(38)48(40)49)31-24-26-42-41(27-31)33-25-23-32(28-43(33)50-42)46-36-17-7-3-6-16-34(36)45(30-14-4-2-5-15-30)35-18-8-9-19-37(35)46/h2-15,17-28H,16H2,1H3. The third-order valence-corrected chi connectivity index (χ3v) is 10.5. The van der Waals surface area contributed by atoms with Gasteiger partial charge in [0.25, 0.3) is 0 Å². The minimum Gasteiger partial charge on any atom is -0.456 e. The Balaban J connectivity index is 1.21. The highest BCUT2D eigenvalue weighted by Crippen LogP contribution is 2.46. The smallest absolute Gasteiger partial charge is 0.138 e. The lowest BCUT2D eigenvalue weighted by Gasteiger charge is -2.21. The third-order valence-electron chi connectivity index (χ3n) is 10.5. The molecule has 10 rings (SSSR count). The second-order valence-corrected chi connectivity index (χ2v) is 13.3. The lowest BCUT2D eigenvalue weighted by molar-refractivity contribution is 0.651. The van der Waals surface area contributed by atoms with Gasteiger partial charge in [0.05, 0.1) is 0 Å². The van der Waals surface area contributed by atoms with E-state index in [0.29, 0.717) is 10.8 Å². The van der Waals surface area contributed by atoms with Crippen molar-refractivity contribution in [2.45, 2.75) is 13.3 Å². The van der Waals surface area contributed by atoms with Crippen LogP contribution < -0.4 is 0 Å². The monoisotopic (exact) mass is 642 g/mol. The Hall–Kier alpha value is -6.25. The SMILES string of the molecule is Cc1cccc2c(F)c3ccccc3c(-c3ccc4oc5cc(-c6c7c(c(-c8ccccc8)c8ccccc68)CC=CC=C7)ccc5c4c3)c12. The maximum atomic E-state index is 15.8. The van der Waals surface area contributed by atoms with Crippen LogP contribution in [0.4, 0.5) is 4.39 Å². The summed E-state index contributed by atoms with van der Waals surface area (Å²) in [6, 6.07) is 46.3. The summed E-state index contributed by atoms with van der Waals surface area (Å²) in [6.45, 7) is 2.06. The first kappa shape index (κ1) is 28.7. The summed E-state index contributed by atoms with van der Waals surface area (Å²) < 4.78 is 22.4. The van der Waals surface area contributed by atoms with E-state index in [0.717, 1.165) is 61.4 Å². The van der Waals surface area contributed by atoms with Gasteiger partial charge in [-0.2, -0.15) is 0 Å². The summed E-state index contributed by atoms with van der Waals surface area (Å²) in [5.41, 5.74) is 12.3. The van der Waals surface area contributed by atoms with Gasteiger partial charge in [0.1, 0.15) is 17.0 Å². The van der Waals surface area contributed by atoms with Crippen molar-refractivity contribution in [1.29, 1.82) is 0 Å². The largest absolute Gasteiger partial charge is 0.456 e. The molecule has 0 amide bonds. The Morgan fingerprint density at radius 2 is 1.18 bits per heavy atom. The summed E-state index contributed by atoms with van der Waals surface area (Å²) in [5.74, 6) is -0.168. The van der Waals surface area contributed by atoms with Crippen molar-refractivity contribution in [2.75, 3.05) is 0 Å². The molecule has 0 saturated carbocycles. The zero-order valence-electron chi connectivity index (χ0n) is 27.5. The predicted octanol–water partition coefficient (Wildman–Crippen LogP) is 13.6. The maximum absolute atomic E-state index is 15.8. The van der Waals surface area contributed by atoms with Crippen LogP contribution in [0.15, 0.2) is 156 Å². The van der Waals surface area contributed by atoms with E-state index in [9.17, 15) is 0 Å². The molecule has 9 aromatic rings. The summed E-state index contributed by atoms with van der Waals surface area (Å²) in [6.07, 6.45) is 9.68. The van der Waals surface area contributed by atoms with Crippen molar-refractivity contribution in [2.24, 2.45) is 0 Å². The van der Waals surface area contributed by atoms with E-state index in [4.69, 9.17) is 4.42 Å². The van der Waals surface area contributed by atoms with Crippen molar-refractivity contribution in [3.8, 4) is 33.4 Å². The Bertz CT molecular complexity index is 2910. The number of halogens is 1. The van der Waals surface area contributed by atoms with E-state index in [1.807, 2.05) is 36.4 Å². The minimum absolute atomic E-state index is 0.168. The van der Waals surface area contributed by atoms with E-state index >= 15 is 4.39 Å². The molecule has 50 heavy (non-hydrogen) atoms. The molecule has 1 heterocycles. The van der Waals surface area contributed by atoms with E-state index in [2.05, 4.69) is 128 Å². The van der Waals surface area contributed by atoms with Crippen molar-refractivity contribution >= 4 is 60.3 Å². The molecule has 0 unspecified atom stereocenters. The van der Waals surface area contributed by atoms with Crippen LogP contribution in [0.3, 0.4) is 0 Å². The van der Waals surface area contributed by atoms with Crippen molar-refractivity contribution in [3.05, 3.63) is 174 Å². The number of hydrogen-bond donors (Lipinski definition) is 0. The van der Waals surface area contributed by atoms with Crippen molar-refractivity contribution in [3.63, 3.8) is 0 Å². The molecule has 0 N–H and O–H groups in total.